The average molecular weight is 807 g/mol. The van der Waals surface area contributed by atoms with Gasteiger partial charge in [-0.05, 0) is 166 Å². The van der Waals surface area contributed by atoms with E-state index in [1.165, 1.54) is 142 Å². The molecule has 0 atom stereocenters. The van der Waals surface area contributed by atoms with Crippen LogP contribution in [0.25, 0.3) is 142 Å². The first-order valence-corrected chi connectivity index (χ1v) is 22.3. The van der Waals surface area contributed by atoms with Gasteiger partial charge in [0.05, 0.1) is 0 Å². The van der Waals surface area contributed by atoms with Crippen molar-refractivity contribution < 1.29 is 0 Å². The lowest BCUT2D eigenvalue weighted by Crippen LogP contribution is -1.94. The highest BCUT2D eigenvalue weighted by Gasteiger charge is 2.22. The van der Waals surface area contributed by atoms with E-state index in [-0.39, 0.29) is 0 Å². The van der Waals surface area contributed by atoms with Crippen LogP contribution < -0.4 is 0 Å². The van der Waals surface area contributed by atoms with Gasteiger partial charge in [0.25, 0.3) is 0 Å². The Kier molecular flexibility index (Phi) is 7.49. The molecule has 0 spiro atoms. The van der Waals surface area contributed by atoms with Crippen LogP contribution in [0.4, 0.5) is 0 Å². The number of hydrogen-bond donors (Lipinski definition) is 0. The monoisotopic (exact) mass is 806 g/mol. The van der Waals surface area contributed by atoms with Crippen molar-refractivity contribution in [2.75, 3.05) is 0 Å². The van der Waals surface area contributed by atoms with E-state index in [0.29, 0.717) is 0 Å². The Morgan fingerprint density at radius 3 is 1.23 bits per heavy atom. The molecule has 0 heteroatoms. The summed E-state index contributed by atoms with van der Waals surface area (Å²) in [5.41, 5.74) is 12.3. The molecule has 14 rings (SSSR count). The summed E-state index contributed by atoms with van der Waals surface area (Å²) in [4.78, 5) is 0. The van der Waals surface area contributed by atoms with Gasteiger partial charge in [0.1, 0.15) is 0 Å². The number of benzene rings is 14. The lowest BCUT2D eigenvalue weighted by Gasteiger charge is -2.21. The van der Waals surface area contributed by atoms with E-state index >= 15 is 0 Å². The zero-order chi connectivity index (χ0) is 41.9. The second-order valence-corrected chi connectivity index (χ2v) is 17.5. The topological polar surface area (TPSA) is 0 Å². The maximum Gasteiger partial charge on any atom is -0.00201 e. The van der Waals surface area contributed by atoms with Gasteiger partial charge in [-0.1, -0.05) is 206 Å². The Balaban J connectivity index is 1.09. The van der Waals surface area contributed by atoms with Crippen molar-refractivity contribution in [2.24, 2.45) is 0 Å². The highest BCUT2D eigenvalue weighted by Crippen LogP contribution is 2.49. The Morgan fingerprint density at radius 1 is 0.172 bits per heavy atom. The minimum Gasteiger partial charge on any atom is -0.0622 e. The van der Waals surface area contributed by atoms with Crippen molar-refractivity contribution in [3.05, 3.63) is 231 Å². The molecule has 0 bridgehead atoms. The quantitative estimate of drug-likeness (QED) is 0.152. The largest absolute Gasteiger partial charge is 0.0622 e. The van der Waals surface area contributed by atoms with E-state index in [9.17, 15) is 0 Å². The fourth-order valence-corrected chi connectivity index (χ4v) is 11.3. The second-order valence-electron chi connectivity index (χ2n) is 17.5. The molecule has 0 N–H and O–H groups in total. The molecule has 0 radical (unpaired) electrons. The first-order valence-electron chi connectivity index (χ1n) is 22.3. The summed E-state index contributed by atoms with van der Waals surface area (Å²) in [5, 5.41) is 20.5. The van der Waals surface area contributed by atoms with Crippen LogP contribution in [0, 0.1) is 0 Å². The predicted molar refractivity (Wildman–Crippen MR) is 276 cm³/mol. The molecule has 0 saturated carbocycles. The highest BCUT2D eigenvalue weighted by molar-refractivity contribution is 6.28. The minimum atomic E-state index is 1.20. The number of rotatable bonds is 5. The van der Waals surface area contributed by atoms with Crippen molar-refractivity contribution in [2.45, 2.75) is 0 Å². The van der Waals surface area contributed by atoms with E-state index in [1.54, 1.807) is 0 Å². The zero-order valence-corrected chi connectivity index (χ0v) is 34.9. The van der Waals surface area contributed by atoms with Crippen molar-refractivity contribution in [3.63, 3.8) is 0 Å². The lowest BCUT2D eigenvalue weighted by atomic mass is 9.82. The van der Waals surface area contributed by atoms with Crippen LogP contribution in [-0.4, -0.2) is 0 Å². The normalized spacial score (nSPS) is 12.1. The molecule has 0 aliphatic heterocycles. The summed E-state index contributed by atoms with van der Waals surface area (Å²) >= 11 is 0. The summed E-state index contributed by atoms with van der Waals surface area (Å²) in [5.74, 6) is 0. The molecule has 0 aromatic heterocycles. The Bertz CT molecular complexity index is 4140. The molecular formula is C64H38. The minimum absolute atomic E-state index is 1.20. The molecule has 14 aromatic carbocycles. The van der Waals surface area contributed by atoms with Crippen LogP contribution in [0.1, 0.15) is 0 Å². The molecule has 0 amide bonds. The van der Waals surface area contributed by atoms with Gasteiger partial charge in [0, 0.05) is 0 Å². The molecule has 0 unspecified atom stereocenters. The molecule has 0 heterocycles. The summed E-state index contributed by atoms with van der Waals surface area (Å²) in [6.07, 6.45) is 0. The van der Waals surface area contributed by atoms with Crippen LogP contribution in [0.5, 0.6) is 0 Å². The molecule has 0 fully saturated rings. The first kappa shape index (κ1) is 35.3. The first-order chi connectivity index (χ1) is 31.7. The molecule has 64 heavy (non-hydrogen) atoms. The predicted octanol–water partition coefficient (Wildman–Crippen LogP) is 18.1. The van der Waals surface area contributed by atoms with E-state index in [2.05, 4.69) is 231 Å². The standard InChI is InChI=1S/C64H38/c1-2-11-40(12-3-1)59-38-58(53-20-6-7-21-54(53)64(59)57-34-30-46-26-24-42-16-9-18-44-29-33-56(57)63(46)61(42)44)49-36-47(51-22-10-14-39-13-4-5-19-50(39)51)35-48(37-49)52-31-27-45-25-23-41-15-8-17-43-28-32-55(52)62(45)60(41)43/h1-38H. The van der Waals surface area contributed by atoms with Gasteiger partial charge < -0.3 is 0 Å². The second kappa shape index (κ2) is 13.6. The van der Waals surface area contributed by atoms with Crippen LogP contribution in [0.15, 0.2) is 231 Å². The highest BCUT2D eigenvalue weighted by atomic mass is 14.2. The van der Waals surface area contributed by atoms with Gasteiger partial charge in [0.2, 0.25) is 0 Å². The third-order valence-corrected chi connectivity index (χ3v) is 14.1. The molecule has 0 saturated heterocycles. The van der Waals surface area contributed by atoms with Gasteiger partial charge in [0.15, 0.2) is 0 Å². The van der Waals surface area contributed by atoms with Crippen LogP contribution >= 0.6 is 0 Å². The van der Waals surface area contributed by atoms with Crippen molar-refractivity contribution in [1.29, 1.82) is 0 Å². The summed E-state index contributed by atoms with van der Waals surface area (Å²) < 4.78 is 0. The number of fused-ring (bicyclic) bond motifs is 2. The molecule has 0 aliphatic rings. The maximum atomic E-state index is 2.49. The van der Waals surface area contributed by atoms with E-state index in [0.717, 1.165) is 0 Å². The fraction of sp³-hybridized carbons (Fsp3) is 0. The third-order valence-electron chi connectivity index (χ3n) is 14.1. The van der Waals surface area contributed by atoms with Crippen LogP contribution in [0.2, 0.25) is 0 Å². The average Bonchev–Trinajstić information content (AvgIpc) is 3.36. The van der Waals surface area contributed by atoms with Gasteiger partial charge in [-0.25, -0.2) is 0 Å². The summed E-state index contributed by atoms with van der Waals surface area (Å²) in [7, 11) is 0. The van der Waals surface area contributed by atoms with Crippen LogP contribution in [0.3, 0.4) is 0 Å². The maximum absolute atomic E-state index is 2.49. The Labute approximate surface area is 370 Å². The Morgan fingerprint density at radius 2 is 0.594 bits per heavy atom. The molecule has 14 aromatic rings. The smallest absolute Gasteiger partial charge is 0.00201 e. The SMILES string of the molecule is c1ccc(-c2cc(-c3cc(-c4cccc5ccccc45)cc(-c4ccc5ccc6cccc7ccc4c5c67)c3)c3ccccc3c2-c2ccc3ccc4cccc5ccc2c3c45)cc1. The van der Waals surface area contributed by atoms with Gasteiger partial charge in [-0.15, -0.1) is 0 Å². The van der Waals surface area contributed by atoms with Crippen molar-refractivity contribution in [1.82, 2.24) is 0 Å². The lowest BCUT2D eigenvalue weighted by molar-refractivity contribution is 1.59. The van der Waals surface area contributed by atoms with E-state index in [1.807, 2.05) is 0 Å². The zero-order valence-electron chi connectivity index (χ0n) is 34.9. The Hall–Kier alpha value is -8.32. The third kappa shape index (κ3) is 5.17. The van der Waals surface area contributed by atoms with Gasteiger partial charge in [-0.3, -0.25) is 0 Å². The fourth-order valence-electron chi connectivity index (χ4n) is 11.3. The van der Waals surface area contributed by atoms with E-state index in [4.69, 9.17) is 0 Å². The summed E-state index contributed by atoms with van der Waals surface area (Å²) in [6, 6.07) is 86.5. The van der Waals surface area contributed by atoms with Crippen molar-refractivity contribution >= 4 is 86.2 Å². The van der Waals surface area contributed by atoms with Crippen molar-refractivity contribution in [3.8, 4) is 55.6 Å². The molecule has 294 valence electrons. The molecular weight excluding hydrogens is 769 g/mol. The van der Waals surface area contributed by atoms with E-state index < -0.39 is 0 Å². The van der Waals surface area contributed by atoms with Gasteiger partial charge in [-0.2, -0.15) is 0 Å². The molecule has 0 nitrogen and oxygen atoms in total. The van der Waals surface area contributed by atoms with Gasteiger partial charge >= 0.3 is 0 Å². The summed E-state index contributed by atoms with van der Waals surface area (Å²) in [6.45, 7) is 0. The van der Waals surface area contributed by atoms with Crippen LogP contribution in [-0.2, 0) is 0 Å². The number of hydrogen-bond acceptors (Lipinski definition) is 0. The molecule has 0 aliphatic carbocycles.